The second-order valence-corrected chi connectivity index (χ2v) is 8.27. The molecule has 0 spiro atoms. The van der Waals surface area contributed by atoms with Crippen molar-refractivity contribution in [3.63, 3.8) is 0 Å². The molecule has 4 heteroatoms. The molecule has 0 aromatic heterocycles. The summed E-state index contributed by atoms with van der Waals surface area (Å²) >= 11 is 4.96. The topological polar surface area (TPSA) is 63.3 Å². The molecule has 0 aromatic carbocycles. The van der Waals surface area contributed by atoms with Crippen molar-refractivity contribution in [3.8, 4) is 0 Å². The lowest BCUT2D eigenvalue weighted by Crippen LogP contribution is -2.39. The Hall–Kier alpha value is -0.220. The fraction of sp³-hybridized carbons (Fsp3) is 0.938. The molecule has 6 atom stereocenters. The number of thiol groups is 1. The average Bonchev–Trinajstić information content (AvgIpc) is 3.25. The maximum absolute atomic E-state index is 10.7. The van der Waals surface area contributed by atoms with E-state index in [1.807, 2.05) is 0 Å². The SMILES string of the molecule is CC(C(C)(CCN)C[C@@H](C)CCC(=O)O)C1(S)C2C[C@H]21. The third-order valence-corrected chi connectivity index (χ3v) is 7.04. The molecule has 3 nitrogen and oxygen atoms in total. The quantitative estimate of drug-likeness (QED) is 0.573. The van der Waals surface area contributed by atoms with Crippen LogP contribution in [0.3, 0.4) is 0 Å². The molecular formula is C16H29NO2S. The Morgan fingerprint density at radius 3 is 2.50 bits per heavy atom. The summed E-state index contributed by atoms with van der Waals surface area (Å²) in [7, 11) is 0. The molecule has 116 valence electrons. The van der Waals surface area contributed by atoms with Crippen molar-refractivity contribution in [1.82, 2.24) is 0 Å². The Kier molecular flexibility index (Phi) is 4.46. The molecule has 2 rings (SSSR count). The van der Waals surface area contributed by atoms with Gasteiger partial charge in [0.05, 0.1) is 0 Å². The Balaban J connectivity index is 1.95. The van der Waals surface area contributed by atoms with Crippen LogP contribution in [0.1, 0.15) is 52.9 Å². The van der Waals surface area contributed by atoms with Gasteiger partial charge >= 0.3 is 5.97 Å². The van der Waals surface area contributed by atoms with Crippen LogP contribution in [-0.2, 0) is 4.79 Å². The molecule has 4 unspecified atom stereocenters. The summed E-state index contributed by atoms with van der Waals surface area (Å²) < 4.78 is 0.246. The van der Waals surface area contributed by atoms with Gasteiger partial charge in [0.15, 0.2) is 0 Å². The van der Waals surface area contributed by atoms with Crippen molar-refractivity contribution >= 4 is 18.6 Å². The highest BCUT2D eigenvalue weighted by atomic mass is 32.1. The second-order valence-electron chi connectivity index (χ2n) is 7.49. The lowest BCUT2D eigenvalue weighted by Gasteiger charge is -2.43. The number of aliphatic carboxylic acids is 1. The number of carbonyl (C=O) groups is 1. The largest absolute Gasteiger partial charge is 0.481 e. The van der Waals surface area contributed by atoms with E-state index in [0.29, 0.717) is 18.4 Å². The number of nitrogens with two attached hydrogens (primary N) is 1. The number of hydrogen-bond acceptors (Lipinski definition) is 3. The fourth-order valence-corrected chi connectivity index (χ4v) is 5.06. The zero-order chi connectivity index (χ0) is 15.1. The molecule has 0 amide bonds. The summed E-state index contributed by atoms with van der Waals surface area (Å²) in [5, 5.41) is 8.82. The molecule has 2 fully saturated rings. The van der Waals surface area contributed by atoms with Crippen LogP contribution in [0, 0.1) is 29.1 Å². The fourth-order valence-electron chi connectivity index (χ4n) is 4.25. The van der Waals surface area contributed by atoms with Gasteiger partial charge in [-0.1, -0.05) is 20.8 Å². The van der Waals surface area contributed by atoms with Crippen LogP contribution in [0.5, 0.6) is 0 Å². The molecule has 0 aliphatic heterocycles. The van der Waals surface area contributed by atoms with E-state index < -0.39 is 5.97 Å². The van der Waals surface area contributed by atoms with Crippen LogP contribution in [0.2, 0.25) is 0 Å². The number of fused-ring (bicyclic) bond motifs is 1. The molecular weight excluding hydrogens is 270 g/mol. The van der Waals surface area contributed by atoms with Gasteiger partial charge in [0.25, 0.3) is 0 Å². The van der Waals surface area contributed by atoms with E-state index in [4.69, 9.17) is 23.5 Å². The van der Waals surface area contributed by atoms with Crippen molar-refractivity contribution in [1.29, 1.82) is 0 Å². The summed E-state index contributed by atoms with van der Waals surface area (Å²) in [5.41, 5.74) is 6.02. The Morgan fingerprint density at radius 2 is 2.10 bits per heavy atom. The first-order valence-corrected chi connectivity index (χ1v) is 8.34. The first kappa shape index (κ1) is 16.2. The van der Waals surface area contributed by atoms with Gasteiger partial charge in [-0.3, -0.25) is 4.79 Å². The molecule has 0 heterocycles. The maximum atomic E-state index is 10.7. The molecule has 0 bridgehead atoms. The molecule has 0 saturated heterocycles. The van der Waals surface area contributed by atoms with Crippen LogP contribution in [-0.4, -0.2) is 22.4 Å². The second kappa shape index (κ2) is 5.53. The lowest BCUT2D eigenvalue weighted by molar-refractivity contribution is -0.137. The smallest absolute Gasteiger partial charge is 0.303 e. The van der Waals surface area contributed by atoms with Gasteiger partial charge in [-0.15, -0.1) is 0 Å². The van der Waals surface area contributed by atoms with Gasteiger partial charge in [-0.25, -0.2) is 0 Å². The van der Waals surface area contributed by atoms with Crippen molar-refractivity contribution in [2.75, 3.05) is 6.54 Å². The first-order valence-electron chi connectivity index (χ1n) is 7.90. The third-order valence-electron chi connectivity index (χ3n) is 5.99. The number of rotatable bonds is 9. The van der Waals surface area contributed by atoms with Crippen LogP contribution in [0.25, 0.3) is 0 Å². The Morgan fingerprint density at radius 1 is 1.50 bits per heavy atom. The minimum atomic E-state index is -0.695. The third kappa shape index (κ3) is 2.87. The van der Waals surface area contributed by atoms with Gasteiger partial charge in [0, 0.05) is 11.2 Å². The molecule has 3 N–H and O–H groups in total. The minimum absolute atomic E-state index is 0.182. The van der Waals surface area contributed by atoms with E-state index in [1.165, 1.54) is 6.42 Å². The average molecular weight is 299 g/mol. The maximum Gasteiger partial charge on any atom is 0.303 e. The first-order chi connectivity index (χ1) is 9.25. The summed E-state index contributed by atoms with van der Waals surface area (Å²) in [6, 6.07) is 0. The summed E-state index contributed by atoms with van der Waals surface area (Å²) in [6.07, 6.45) is 4.45. The predicted molar refractivity (Wildman–Crippen MR) is 84.9 cm³/mol. The normalized spacial score (nSPS) is 36.6. The van der Waals surface area contributed by atoms with Gasteiger partial charge in [-0.05, 0) is 61.3 Å². The highest BCUT2D eigenvalue weighted by Gasteiger charge is 2.77. The van der Waals surface area contributed by atoms with Crippen molar-refractivity contribution in [2.45, 2.75) is 57.6 Å². The molecule has 2 aliphatic carbocycles. The highest BCUT2D eigenvalue weighted by molar-refractivity contribution is 7.82. The number of carboxylic acids is 1. The zero-order valence-electron chi connectivity index (χ0n) is 12.9. The zero-order valence-corrected chi connectivity index (χ0v) is 13.8. The molecule has 0 radical (unpaired) electrons. The lowest BCUT2D eigenvalue weighted by atomic mass is 9.66. The molecule has 0 aromatic rings. The Labute approximate surface area is 128 Å². The van der Waals surface area contributed by atoms with E-state index in [2.05, 4.69) is 20.8 Å². The monoisotopic (exact) mass is 299 g/mol. The molecule has 2 aliphatic rings. The van der Waals surface area contributed by atoms with E-state index in [0.717, 1.165) is 31.1 Å². The highest BCUT2D eigenvalue weighted by Crippen LogP contribution is 2.79. The number of hydrogen-bond donors (Lipinski definition) is 3. The summed E-state index contributed by atoms with van der Waals surface area (Å²) in [6.45, 7) is 7.53. The van der Waals surface area contributed by atoms with Gasteiger partial charge in [-0.2, -0.15) is 12.6 Å². The molecule has 2 saturated carbocycles. The standard InChI is InChI=1S/C16H29NO2S/c1-10(4-5-14(18)19)9-15(3,6-7-17)11(2)16(20)12-8-13(12)16/h10-13,20H,4-9,17H2,1-3H3,(H,18,19)/t10-,11?,12+,13?,15?,16?/m0/s1. The number of carboxylic acid groups (broad SMARTS) is 1. The van der Waals surface area contributed by atoms with Gasteiger partial charge in [0.2, 0.25) is 0 Å². The van der Waals surface area contributed by atoms with E-state index in [1.54, 1.807) is 0 Å². The van der Waals surface area contributed by atoms with E-state index in [-0.39, 0.29) is 16.6 Å². The predicted octanol–water partition coefficient (Wildman–Crippen LogP) is 3.19. The van der Waals surface area contributed by atoms with Gasteiger partial charge < -0.3 is 10.8 Å². The van der Waals surface area contributed by atoms with Gasteiger partial charge in [0.1, 0.15) is 0 Å². The van der Waals surface area contributed by atoms with Crippen molar-refractivity contribution in [2.24, 2.45) is 34.8 Å². The van der Waals surface area contributed by atoms with E-state index >= 15 is 0 Å². The van der Waals surface area contributed by atoms with Crippen molar-refractivity contribution in [3.05, 3.63) is 0 Å². The van der Waals surface area contributed by atoms with Crippen molar-refractivity contribution < 1.29 is 9.90 Å². The van der Waals surface area contributed by atoms with Crippen LogP contribution < -0.4 is 5.73 Å². The van der Waals surface area contributed by atoms with Crippen LogP contribution >= 0.6 is 12.6 Å². The van der Waals surface area contributed by atoms with Crippen LogP contribution in [0.4, 0.5) is 0 Å². The minimum Gasteiger partial charge on any atom is -0.481 e. The van der Waals surface area contributed by atoms with E-state index in [9.17, 15) is 4.79 Å². The van der Waals surface area contributed by atoms with Crippen LogP contribution in [0.15, 0.2) is 0 Å². The summed E-state index contributed by atoms with van der Waals surface area (Å²) in [5.74, 6) is 1.97. The molecule has 20 heavy (non-hydrogen) atoms. The Bertz CT molecular complexity index is 379. The summed E-state index contributed by atoms with van der Waals surface area (Å²) in [4.78, 5) is 10.7.